The smallest absolute Gasteiger partial charge is 0.294 e. The van der Waals surface area contributed by atoms with Gasteiger partial charge in [0.1, 0.15) is 11.9 Å². The van der Waals surface area contributed by atoms with E-state index in [1.54, 1.807) is 6.07 Å². The van der Waals surface area contributed by atoms with Crippen LogP contribution in [0.5, 0.6) is 0 Å². The summed E-state index contributed by atoms with van der Waals surface area (Å²) in [5.41, 5.74) is 0.606. The molecule has 0 atom stereocenters. The molecule has 132 valence electrons. The number of carbonyl (C=O) groups is 1. The van der Waals surface area contributed by atoms with Crippen LogP contribution in [0.4, 0.5) is 4.39 Å². The van der Waals surface area contributed by atoms with Gasteiger partial charge in [-0.05, 0) is 47.1 Å². The lowest BCUT2D eigenvalue weighted by molar-refractivity contribution is 0.103. The fourth-order valence-electron chi connectivity index (χ4n) is 2.99. The van der Waals surface area contributed by atoms with Crippen LogP contribution < -0.4 is 5.69 Å². The number of rotatable bonds is 3. The Kier molecular flexibility index (Phi) is 4.74. The third-order valence-corrected chi connectivity index (χ3v) is 5.16. The number of nitrogens with zero attached hydrogens (tertiary/aromatic N) is 3. The SMILES string of the molecule is CCn1c(=O)n(C)c2c(C#N)c(C(=O)c3cc(F)ccc3Cl)c(Br)cc21. The summed E-state index contributed by atoms with van der Waals surface area (Å²) in [4.78, 5) is 25.4. The standard InChI is InChI=1S/C18H12BrClFN3O2/c1-3-24-14-7-12(19)15(11(8-22)16(14)23(2)18(24)26)17(25)10-6-9(21)4-5-13(10)20/h4-7H,3H2,1-2H3. The van der Waals surface area contributed by atoms with E-state index in [0.29, 0.717) is 22.1 Å². The molecule has 1 aromatic heterocycles. The number of aryl methyl sites for hydroxylation is 2. The predicted molar refractivity (Wildman–Crippen MR) is 100 cm³/mol. The van der Waals surface area contributed by atoms with Crippen LogP contribution in [0.15, 0.2) is 33.5 Å². The number of imidazole rings is 1. The van der Waals surface area contributed by atoms with Gasteiger partial charge in [0.2, 0.25) is 0 Å². The van der Waals surface area contributed by atoms with Crippen LogP contribution in [-0.4, -0.2) is 14.9 Å². The zero-order valence-electron chi connectivity index (χ0n) is 13.8. The Bertz CT molecular complexity index is 1170. The van der Waals surface area contributed by atoms with E-state index in [9.17, 15) is 19.2 Å². The molecule has 0 aliphatic rings. The topological polar surface area (TPSA) is 67.8 Å². The summed E-state index contributed by atoms with van der Waals surface area (Å²) in [5, 5.41) is 9.78. The number of ketones is 1. The highest BCUT2D eigenvalue weighted by atomic mass is 79.9. The summed E-state index contributed by atoms with van der Waals surface area (Å²) in [6.07, 6.45) is 0. The Balaban J connectivity index is 2.41. The predicted octanol–water partition coefficient (Wildman–Crippen LogP) is 4.02. The van der Waals surface area contributed by atoms with Gasteiger partial charge in [0, 0.05) is 23.6 Å². The first-order valence-corrected chi connectivity index (χ1v) is 8.80. The Morgan fingerprint density at radius 3 is 2.69 bits per heavy atom. The van der Waals surface area contributed by atoms with Crippen LogP contribution >= 0.6 is 27.5 Å². The molecule has 0 spiro atoms. The molecular formula is C18H12BrClFN3O2. The zero-order chi connectivity index (χ0) is 19.2. The maximum atomic E-state index is 13.6. The second-order valence-electron chi connectivity index (χ2n) is 5.63. The first-order valence-electron chi connectivity index (χ1n) is 7.63. The number of hydrogen-bond acceptors (Lipinski definition) is 3. The molecule has 3 aromatic rings. The van der Waals surface area contributed by atoms with Crippen molar-refractivity contribution in [1.29, 1.82) is 5.26 Å². The molecule has 0 saturated carbocycles. The van der Waals surface area contributed by atoms with E-state index in [1.165, 1.54) is 22.2 Å². The van der Waals surface area contributed by atoms with Gasteiger partial charge < -0.3 is 0 Å². The number of fused-ring (bicyclic) bond motifs is 1. The normalized spacial score (nSPS) is 10.9. The van der Waals surface area contributed by atoms with E-state index in [1.807, 2.05) is 13.0 Å². The third-order valence-electron chi connectivity index (χ3n) is 4.20. The van der Waals surface area contributed by atoms with E-state index in [2.05, 4.69) is 15.9 Å². The zero-order valence-corrected chi connectivity index (χ0v) is 16.2. The second-order valence-corrected chi connectivity index (χ2v) is 6.89. The molecule has 0 unspecified atom stereocenters. The van der Waals surface area contributed by atoms with Gasteiger partial charge in [-0.2, -0.15) is 5.26 Å². The van der Waals surface area contributed by atoms with Crippen LogP contribution in [0.3, 0.4) is 0 Å². The molecule has 0 aliphatic carbocycles. The highest BCUT2D eigenvalue weighted by Gasteiger charge is 2.25. The van der Waals surface area contributed by atoms with E-state index in [0.717, 1.165) is 12.1 Å². The molecule has 0 aliphatic heterocycles. The van der Waals surface area contributed by atoms with Crippen molar-refractivity contribution in [2.75, 3.05) is 0 Å². The van der Waals surface area contributed by atoms with Crippen LogP contribution in [0.2, 0.25) is 5.02 Å². The van der Waals surface area contributed by atoms with E-state index >= 15 is 0 Å². The van der Waals surface area contributed by atoms with Gasteiger partial charge in [-0.1, -0.05) is 11.6 Å². The maximum Gasteiger partial charge on any atom is 0.328 e. The number of aromatic nitrogens is 2. The van der Waals surface area contributed by atoms with Crippen molar-refractivity contribution < 1.29 is 9.18 Å². The van der Waals surface area contributed by atoms with Crippen molar-refractivity contribution in [1.82, 2.24) is 9.13 Å². The molecule has 0 fully saturated rings. The van der Waals surface area contributed by atoms with Crippen molar-refractivity contribution in [2.24, 2.45) is 7.05 Å². The third kappa shape index (κ3) is 2.66. The summed E-state index contributed by atoms with van der Waals surface area (Å²) in [5.74, 6) is -1.21. The average molecular weight is 437 g/mol. The summed E-state index contributed by atoms with van der Waals surface area (Å²) in [7, 11) is 1.54. The van der Waals surface area contributed by atoms with Crippen molar-refractivity contribution in [2.45, 2.75) is 13.5 Å². The Morgan fingerprint density at radius 2 is 2.08 bits per heavy atom. The van der Waals surface area contributed by atoms with Gasteiger partial charge in [-0.3, -0.25) is 13.9 Å². The number of nitriles is 1. The molecule has 3 rings (SSSR count). The van der Waals surface area contributed by atoms with Gasteiger partial charge >= 0.3 is 5.69 Å². The Labute approximate surface area is 161 Å². The molecule has 0 bridgehead atoms. The molecule has 26 heavy (non-hydrogen) atoms. The minimum atomic E-state index is -0.613. The molecule has 0 radical (unpaired) electrons. The largest absolute Gasteiger partial charge is 0.328 e. The molecule has 0 saturated heterocycles. The van der Waals surface area contributed by atoms with Gasteiger partial charge in [-0.15, -0.1) is 0 Å². The monoisotopic (exact) mass is 435 g/mol. The highest BCUT2D eigenvalue weighted by molar-refractivity contribution is 9.10. The fourth-order valence-corrected chi connectivity index (χ4v) is 3.79. The molecule has 5 nitrogen and oxygen atoms in total. The maximum absolute atomic E-state index is 13.6. The summed E-state index contributed by atoms with van der Waals surface area (Å²) in [6, 6.07) is 7.08. The van der Waals surface area contributed by atoms with Crippen molar-refractivity contribution in [3.05, 3.63) is 66.8 Å². The van der Waals surface area contributed by atoms with Gasteiger partial charge in [0.05, 0.1) is 27.2 Å². The number of carbonyl (C=O) groups excluding carboxylic acids is 1. The number of halogens is 3. The molecule has 2 aromatic carbocycles. The molecule has 8 heteroatoms. The Hall–Kier alpha value is -2.43. The van der Waals surface area contributed by atoms with Gasteiger partial charge in [-0.25, -0.2) is 9.18 Å². The van der Waals surface area contributed by atoms with Crippen LogP contribution in [0.25, 0.3) is 11.0 Å². The summed E-state index contributed by atoms with van der Waals surface area (Å²) >= 11 is 9.36. The fraction of sp³-hybridized carbons (Fsp3) is 0.167. The minimum absolute atomic E-state index is 0.0338. The summed E-state index contributed by atoms with van der Waals surface area (Å²) in [6.45, 7) is 2.23. The molecule has 0 N–H and O–H groups in total. The van der Waals surface area contributed by atoms with Crippen LogP contribution in [0.1, 0.15) is 28.4 Å². The minimum Gasteiger partial charge on any atom is -0.294 e. The van der Waals surface area contributed by atoms with E-state index < -0.39 is 11.6 Å². The van der Waals surface area contributed by atoms with E-state index in [4.69, 9.17) is 11.6 Å². The average Bonchev–Trinajstić information content (AvgIpc) is 2.85. The van der Waals surface area contributed by atoms with Crippen molar-refractivity contribution in [3.8, 4) is 6.07 Å². The first kappa shape index (κ1) is 18.4. The lowest BCUT2D eigenvalue weighted by Crippen LogP contribution is -2.21. The van der Waals surface area contributed by atoms with Gasteiger partial charge in [0.25, 0.3) is 0 Å². The van der Waals surface area contributed by atoms with Crippen molar-refractivity contribution in [3.63, 3.8) is 0 Å². The quantitative estimate of drug-likeness (QED) is 0.583. The Morgan fingerprint density at radius 1 is 1.38 bits per heavy atom. The molecule has 1 heterocycles. The highest BCUT2D eigenvalue weighted by Crippen LogP contribution is 2.32. The lowest BCUT2D eigenvalue weighted by atomic mass is 9.97. The number of hydrogen-bond donors (Lipinski definition) is 0. The summed E-state index contributed by atoms with van der Waals surface area (Å²) < 4.78 is 16.8. The van der Waals surface area contributed by atoms with Crippen LogP contribution in [0, 0.1) is 17.1 Å². The van der Waals surface area contributed by atoms with Crippen molar-refractivity contribution >= 4 is 44.3 Å². The molecule has 0 amide bonds. The number of benzene rings is 2. The first-order chi connectivity index (χ1) is 12.3. The second kappa shape index (κ2) is 6.71. The lowest BCUT2D eigenvalue weighted by Gasteiger charge is -2.10. The van der Waals surface area contributed by atoms with E-state index in [-0.39, 0.29) is 27.4 Å². The van der Waals surface area contributed by atoms with Crippen LogP contribution in [-0.2, 0) is 13.6 Å². The molecular weight excluding hydrogens is 425 g/mol. The van der Waals surface area contributed by atoms with Gasteiger partial charge in [0.15, 0.2) is 5.78 Å².